The van der Waals surface area contributed by atoms with Gasteiger partial charge < -0.3 is 15.7 Å². The molecule has 25 heavy (non-hydrogen) atoms. The largest absolute Gasteiger partial charge is 0.392 e. The minimum atomic E-state index is -0.0648. The molecule has 1 aliphatic heterocycles. The fraction of sp³-hybridized carbons (Fsp3) is 0.474. The number of aliphatic hydroxyl groups is 1. The van der Waals surface area contributed by atoms with Crippen molar-refractivity contribution in [3.8, 4) is 10.4 Å². The minimum Gasteiger partial charge on any atom is -0.392 e. The SMILES string of the molecule is CC.Cc1ncsc1-c1ccc([C@H](C)NC=O)cc1.OC1CCNC1. The molecule has 1 saturated heterocycles. The predicted molar refractivity (Wildman–Crippen MR) is 105 cm³/mol. The first-order valence-electron chi connectivity index (χ1n) is 8.70. The Balaban J connectivity index is 0.000000326. The molecule has 1 aliphatic rings. The van der Waals surface area contributed by atoms with Crippen LogP contribution in [0.4, 0.5) is 0 Å². The number of aromatic nitrogens is 1. The van der Waals surface area contributed by atoms with Crippen LogP contribution < -0.4 is 10.6 Å². The highest BCUT2D eigenvalue weighted by Gasteiger charge is 2.08. The van der Waals surface area contributed by atoms with E-state index in [4.69, 9.17) is 5.11 Å². The molecule has 1 aromatic heterocycles. The first-order valence-corrected chi connectivity index (χ1v) is 9.58. The van der Waals surface area contributed by atoms with Gasteiger partial charge in [0, 0.05) is 6.54 Å². The van der Waals surface area contributed by atoms with E-state index in [2.05, 4.69) is 27.8 Å². The first-order chi connectivity index (χ1) is 12.1. The van der Waals surface area contributed by atoms with Crippen molar-refractivity contribution in [1.82, 2.24) is 15.6 Å². The number of nitrogens with one attached hydrogen (secondary N) is 2. The van der Waals surface area contributed by atoms with Crippen LogP contribution in [0.15, 0.2) is 29.8 Å². The van der Waals surface area contributed by atoms with Crippen LogP contribution in [-0.2, 0) is 4.79 Å². The van der Waals surface area contributed by atoms with Gasteiger partial charge in [-0.15, -0.1) is 11.3 Å². The highest BCUT2D eigenvalue weighted by molar-refractivity contribution is 7.13. The fourth-order valence-electron chi connectivity index (χ4n) is 2.34. The summed E-state index contributed by atoms with van der Waals surface area (Å²) >= 11 is 1.64. The summed E-state index contributed by atoms with van der Waals surface area (Å²) in [6.45, 7) is 9.75. The van der Waals surface area contributed by atoms with Crippen LogP contribution in [0.3, 0.4) is 0 Å². The molecule has 0 radical (unpaired) electrons. The fourth-order valence-corrected chi connectivity index (χ4v) is 3.15. The summed E-state index contributed by atoms with van der Waals surface area (Å²) in [5.74, 6) is 0. The van der Waals surface area contributed by atoms with E-state index in [9.17, 15) is 4.79 Å². The number of nitrogens with zero attached hydrogens (tertiary/aromatic N) is 1. The molecular weight excluding hydrogens is 334 g/mol. The van der Waals surface area contributed by atoms with Gasteiger partial charge in [0.15, 0.2) is 0 Å². The number of aliphatic hydroxyl groups excluding tert-OH is 1. The Morgan fingerprint density at radius 1 is 1.36 bits per heavy atom. The molecule has 1 fully saturated rings. The molecule has 138 valence electrons. The predicted octanol–water partition coefficient (Wildman–Crippen LogP) is 3.29. The van der Waals surface area contributed by atoms with Crippen molar-refractivity contribution in [3.05, 3.63) is 41.0 Å². The first kappa shape index (κ1) is 21.3. The van der Waals surface area contributed by atoms with Gasteiger partial charge >= 0.3 is 0 Å². The topological polar surface area (TPSA) is 74.2 Å². The van der Waals surface area contributed by atoms with Gasteiger partial charge in [-0.05, 0) is 37.9 Å². The van der Waals surface area contributed by atoms with Crippen molar-refractivity contribution in [1.29, 1.82) is 0 Å². The molecule has 0 bridgehead atoms. The Bertz CT molecular complexity index is 607. The van der Waals surface area contributed by atoms with E-state index in [-0.39, 0.29) is 12.1 Å². The molecule has 6 heteroatoms. The molecule has 0 aliphatic carbocycles. The Hall–Kier alpha value is -1.76. The lowest BCUT2D eigenvalue weighted by Crippen LogP contribution is -2.15. The number of carbonyl (C=O) groups is 1. The number of benzene rings is 1. The maximum Gasteiger partial charge on any atom is 0.207 e. The molecule has 3 N–H and O–H groups in total. The van der Waals surface area contributed by atoms with Crippen molar-refractivity contribution in [2.75, 3.05) is 13.1 Å². The van der Waals surface area contributed by atoms with E-state index in [0.29, 0.717) is 0 Å². The van der Waals surface area contributed by atoms with Gasteiger partial charge in [0.2, 0.25) is 6.41 Å². The minimum absolute atomic E-state index is 0.0455. The Kier molecular flexibility index (Phi) is 9.99. The van der Waals surface area contributed by atoms with Crippen molar-refractivity contribution >= 4 is 17.7 Å². The lowest BCUT2D eigenvalue weighted by molar-refractivity contribution is -0.110. The lowest BCUT2D eigenvalue weighted by atomic mass is 10.1. The zero-order valence-electron chi connectivity index (χ0n) is 15.5. The molecule has 2 heterocycles. The third kappa shape index (κ3) is 6.94. The van der Waals surface area contributed by atoms with Gasteiger partial charge in [-0.25, -0.2) is 4.98 Å². The molecule has 1 unspecified atom stereocenters. The van der Waals surface area contributed by atoms with E-state index in [0.717, 1.165) is 37.2 Å². The van der Waals surface area contributed by atoms with Gasteiger partial charge in [-0.2, -0.15) is 0 Å². The van der Waals surface area contributed by atoms with E-state index in [1.54, 1.807) is 11.3 Å². The number of aryl methyl sites for hydroxylation is 1. The summed E-state index contributed by atoms with van der Waals surface area (Å²) < 4.78 is 0. The summed E-state index contributed by atoms with van der Waals surface area (Å²) in [6, 6.07) is 8.26. The van der Waals surface area contributed by atoms with E-state index >= 15 is 0 Å². The average Bonchev–Trinajstić information content (AvgIpc) is 3.29. The lowest BCUT2D eigenvalue weighted by Gasteiger charge is -2.10. The number of amides is 1. The van der Waals surface area contributed by atoms with E-state index in [1.165, 1.54) is 10.4 Å². The van der Waals surface area contributed by atoms with Gasteiger partial charge in [0.25, 0.3) is 0 Å². The van der Waals surface area contributed by atoms with Crippen molar-refractivity contribution < 1.29 is 9.90 Å². The summed E-state index contributed by atoms with van der Waals surface area (Å²) in [5, 5.41) is 14.4. The standard InChI is InChI=1S/C13H14N2OS.C4H9NO.C2H6/c1-9(14-7-16)11-3-5-12(6-4-11)13-10(2)15-8-17-13;6-4-1-2-5-3-4;1-2/h3-9H,1-2H3,(H,14,16);4-6H,1-3H2;1-2H3/t9-;;/m0../s1. The number of carbonyl (C=O) groups excluding carboxylic acids is 1. The summed E-state index contributed by atoms with van der Waals surface area (Å²) in [6.07, 6.45) is 1.59. The highest BCUT2D eigenvalue weighted by atomic mass is 32.1. The normalized spacial score (nSPS) is 16.8. The molecular formula is C19H29N3O2S. The van der Waals surface area contributed by atoms with Crippen LogP contribution in [0.5, 0.6) is 0 Å². The maximum atomic E-state index is 10.4. The smallest absolute Gasteiger partial charge is 0.207 e. The maximum absolute atomic E-state index is 10.4. The molecule has 3 rings (SSSR count). The third-order valence-corrected chi connectivity index (χ3v) is 4.75. The molecule has 1 aromatic carbocycles. The Morgan fingerprint density at radius 3 is 2.44 bits per heavy atom. The number of rotatable bonds is 4. The molecule has 0 saturated carbocycles. The molecule has 0 spiro atoms. The molecule has 5 nitrogen and oxygen atoms in total. The van der Waals surface area contributed by atoms with Gasteiger partial charge in [-0.3, -0.25) is 4.79 Å². The van der Waals surface area contributed by atoms with Crippen LogP contribution in [0.2, 0.25) is 0 Å². The monoisotopic (exact) mass is 363 g/mol. The van der Waals surface area contributed by atoms with Gasteiger partial charge in [0.05, 0.1) is 28.2 Å². The van der Waals surface area contributed by atoms with Crippen LogP contribution in [0.1, 0.15) is 44.5 Å². The van der Waals surface area contributed by atoms with E-state index < -0.39 is 0 Å². The number of thiazole rings is 1. The highest BCUT2D eigenvalue weighted by Crippen LogP contribution is 2.28. The van der Waals surface area contributed by atoms with Crippen molar-refractivity contribution in [2.45, 2.75) is 46.3 Å². The second-order valence-electron chi connectivity index (χ2n) is 5.54. The summed E-state index contributed by atoms with van der Waals surface area (Å²) in [7, 11) is 0. The van der Waals surface area contributed by atoms with E-state index in [1.807, 2.05) is 45.3 Å². The van der Waals surface area contributed by atoms with Gasteiger partial charge in [0.1, 0.15) is 0 Å². The second kappa shape index (κ2) is 11.7. The van der Waals surface area contributed by atoms with Crippen LogP contribution in [-0.4, -0.2) is 35.7 Å². The summed E-state index contributed by atoms with van der Waals surface area (Å²) in [5.41, 5.74) is 5.19. The Labute approximate surface area is 154 Å². The molecule has 2 aromatic rings. The van der Waals surface area contributed by atoms with Crippen molar-refractivity contribution in [3.63, 3.8) is 0 Å². The van der Waals surface area contributed by atoms with Crippen LogP contribution in [0, 0.1) is 6.92 Å². The number of β-amino-alcohol motifs (C(OH)–C–C–N with tert-alkyl or cyclic N) is 1. The second-order valence-corrected chi connectivity index (χ2v) is 6.40. The third-order valence-electron chi connectivity index (χ3n) is 3.77. The average molecular weight is 364 g/mol. The summed E-state index contributed by atoms with van der Waals surface area (Å²) in [4.78, 5) is 15.8. The number of hydrogen-bond acceptors (Lipinski definition) is 5. The van der Waals surface area contributed by atoms with Crippen molar-refractivity contribution in [2.24, 2.45) is 0 Å². The molecule has 1 amide bonds. The van der Waals surface area contributed by atoms with Gasteiger partial charge in [-0.1, -0.05) is 38.1 Å². The molecule has 2 atom stereocenters. The Morgan fingerprint density at radius 2 is 2.04 bits per heavy atom. The zero-order valence-corrected chi connectivity index (χ0v) is 16.3. The number of hydrogen-bond donors (Lipinski definition) is 3. The van der Waals surface area contributed by atoms with Crippen LogP contribution in [0.25, 0.3) is 10.4 Å². The quantitative estimate of drug-likeness (QED) is 0.729. The zero-order chi connectivity index (χ0) is 18.7. The van der Waals surface area contributed by atoms with Crippen LogP contribution >= 0.6 is 11.3 Å².